The van der Waals surface area contributed by atoms with E-state index >= 15 is 0 Å². The van der Waals surface area contributed by atoms with Crippen molar-refractivity contribution in [3.63, 3.8) is 0 Å². The molecule has 7 atom stereocenters. The summed E-state index contributed by atoms with van der Waals surface area (Å²) in [6, 6.07) is -0.715. The quantitative estimate of drug-likeness (QED) is 0.0261. The standard InChI is InChI=1S/C60H117NO8/c1-3-5-7-9-11-13-15-17-19-20-21-22-23-24-25-26-27-28-29-30-31-32-33-34-35-36-38-40-42-44-46-48-50-56(64)61-53(52-68-60-59(67)58(66)57(65)55(51-62)69-60)54(63)49-47-45-43-41-39-37-18-16-14-12-10-8-6-4-2/h24-25,53-55,57-60,62-63,65-67H,3-23,26-52H2,1-2H3,(H,61,64)/b25-24-. The van der Waals surface area contributed by atoms with Crippen LogP contribution in [0, 0.1) is 0 Å². The number of hydrogen-bond acceptors (Lipinski definition) is 8. The number of aliphatic hydroxyl groups is 5. The lowest BCUT2D eigenvalue weighted by Crippen LogP contribution is -2.60. The summed E-state index contributed by atoms with van der Waals surface area (Å²) in [5.41, 5.74) is 0. The van der Waals surface area contributed by atoms with Gasteiger partial charge in [0.2, 0.25) is 5.91 Å². The molecule has 0 bridgehead atoms. The molecule has 6 N–H and O–H groups in total. The fourth-order valence-electron chi connectivity index (χ4n) is 10.0. The van der Waals surface area contributed by atoms with E-state index in [-0.39, 0.29) is 12.5 Å². The molecule has 0 saturated carbocycles. The van der Waals surface area contributed by atoms with Gasteiger partial charge < -0.3 is 40.3 Å². The highest BCUT2D eigenvalue weighted by molar-refractivity contribution is 5.76. The van der Waals surface area contributed by atoms with Gasteiger partial charge in [0.25, 0.3) is 0 Å². The van der Waals surface area contributed by atoms with Crippen LogP contribution in [0.25, 0.3) is 0 Å². The molecule has 0 aromatic carbocycles. The minimum Gasteiger partial charge on any atom is -0.394 e. The smallest absolute Gasteiger partial charge is 0.220 e. The average molecular weight is 981 g/mol. The lowest BCUT2D eigenvalue weighted by atomic mass is 9.99. The number of amides is 1. The van der Waals surface area contributed by atoms with Crippen LogP contribution in [0.3, 0.4) is 0 Å². The summed E-state index contributed by atoms with van der Waals surface area (Å²) in [4.78, 5) is 13.1. The van der Waals surface area contributed by atoms with E-state index in [1.165, 1.54) is 244 Å². The molecule has 0 aromatic rings. The first-order valence-corrected chi connectivity index (χ1v) is 30.4. The van der Waals surface area contributed by atoms with Crippen molar-refractivity contribution in [1.29, 1.82) is 0 Å². The van der Waals surface area contributed by atoms with E-state index in [0.717, 1.165) is 38.5 Å². The first-order chi connectivity index (χ1) is 33.8. The molecule has 1 amide bonds. The van der Waals surface area contributed by atoms with Crippen LogP contribution in [0.5, 0.6) is 0 Å². The molecule has 1 fully saturated rings. The first-order valence-electron chi connectivity index (χ1n) is 30.4. The van der Waals surface area contributed by atoms with Crippen molar-refractivity contribution >= 4 is 5.91 Å². The molecule has 9 nitrogen and oxygen atoms in total. The van der Waals surface area contributed by atoms with Gasteiger partial charge in [0, 0.05) is 6.42 Å². The van der Waals surface area contributed by atoms with Crippen LogP contribution in [0.1, 0.15) is 309 Å². The van der Waals surface area contributed by atoms with E-state index < -0.39 is 49.5 Å². The predicted molar refractivity (Wildman–Crippen MR) is 291 cm³/mol. The number of nitrogens with one attached hydrogen (secondary N) is 1. The molecule has 69 heavy (non-hydrogen) atoms. The summed E-state index contributed by atoms with van der Waals surface area (Å²) in [6.45, 7) is 3.87. The van der Waals surface area contributed by atoms with Crippen LogP contribution in [0.15, 0.2) is 12.2 Å². The summed E-state index contributed by atoms with van der Waals surface area (Å²) < 4.78 is 11.3. The Morgan fingerprint density at radius 1 is 0.478 bits per heavy atom. The summed E-state index contributed by atoms with van der Waals surface area (Å²) in [5, 5.41) is 54.6. The van der Waals surface area contributed by atoms with Gasteiger partial charge in [-0.1, -0.05) is 276 Å². The molecule has 410 valence electrons. The first kappa shape index (κ1) is 65.9. The third kappa shape index (κ3) is 40.1. The second-order valence-electron chi connectivity index (χ2n) is 21.5. The maximum Gasteiger partial charge on any atom is 0.220 e. The van der Waals surface area contributed by atoms with Crippen LogP contribution >= 0.6 is 0 Å². The second-order valence-corrected chi connectivity index (χ2v) is 21.5. The van der Waals surface area contributed by atoms with Gasteiger partial charge in [0.1, 0.15) is 24.4 Å². The number of allylic oxidation sites excluding steroid dienone is 2. The topological polar surface area (TPSA) is 149 Å². The van der Waals surface area contributed by atoms with Crippen molar-refractivity contribution < 1.29 is 39.8 Å². The largest absolute Gasteiger partial charge is 0.394 e. The maximum absolute atomic E-state index is 13.1. The van der Waals surface area contributed by atoms with Crippen molar-refractivity contribution in [3.8, 4) is 0 Å². The lowest BCUT2D eigenvalue weighted by molar-refractivity contribution is -0.302. The Bertz CT molecular complexity index is 1090. The maximum atomic E-state index is 13.1. The molecular formula is C60H117NO8. The summed E-state index contributed by atoms with van der Waals surface area (Å²) >= 11 is 0. The number of rotatable bonds is 53. The monoisotopic (exact) mass is 980 g/mol. The van der Waals surface area contributed by atoms with Gasteiger partial charge in [-0.25, -0.2) is 0 Å². The SMILES string of the molecule is CCCCCCCCCCCCCC/C=C\CCCCCCCCCCCCCCCCCCC(=O)NC(COC1OC(CO)C(O)C(O)C1O)C(O)CCCCCCCCCCCCCCCC. The van der Waals surface area contributed by atoms with Crippen LogP contribution in [0.2, 0.25) is 0 Å². The highest BCUT2D eigenvalue weighted by Crippen LogP contribution is 2.23. The van der Waals surface area contributed by atoms with Gasteiger partial charge in [-0.05, 0) is 38.5 Å². The number of unbranched alkanes of at least 4 members (excludes halogenated alkanes) is 41. The Hall–Kier alpha value is -1.07. The Balaban J connectivity index is 2.09. The molecule has 1 heterocycles. The molecule has 7 unspecified atom stereocenters. The summed E-state index contributed by atoms with van der Waals surface area (Å²) in [7, 11) is 0. The molecule has 1 aliphatic heterocycles. The number of hydrogen-bond donors (Lipinski definition) is 6. The summed E-state index contributed by atoms with van der Waals surface area (Å²) in [5.74, 6) is -0.139. The molecule has 0 radical (unpaired) electrons. The van der Waals surface area contributed by atoms with E-state index in [9.17, 15) is 30.3 Å². The number of carbonyl (C=O) groups excluding carboxylic acids is 1. The molecule has 9 heteroatoms. The second kappa shape index (κ2) is 50.5. The minimum atomic E-state index is -1.55. The van der Waals surface area contributed by atoms with Gasteiger partial charge in [-0.3, -0.25) is 4.79 Å². The number of ether oxygens (including phenoxy) is 2. The number of carbonyl (C=O) groups is 1. The normalized spacial score (nSPS) is 19.4. The molecule has 1 aliphatic rings. The van der Waals surface area contributed by atoms with Crippen molar-refractivity contribution in [1.82, 2.24) is 5.32 Å². The highest BCUT2D eigenvalue weighted by atomic mass is 16.7. The Morgan fingerprint density at radius 2 is 0.812 bits per heavy atom. The average Bonchev–Trinajstić information content (AvgIpc) is 3.35. The van der Waals surface area contributed by atoms with Crippen molar-refractivity contribution in [3.05, 3.63) is 12.2 Å². The molecule has 0 aliphatic carbocycles. The van der Waals surface area contributed by atoms with Gasteiger partial charge in [-0.15, -0.1) is 0 Å². The Kier molecular flexibility index (Phi) is 48.2. The molecule has 0 aromatic heterocycles. The third-order valence-electron chi connectivity index (χ3n) is 14.9. The highest BCUT2D eigenvalue weighted by Gasteiger charge is 2.44. The van der Waals surface area contributed by atoms with E-state index in [0.29, 0.717) is 12.8 Å². The predicted octanol–water partition coefficient (Wildman–Crippen LogP) is 15.2. The van der Waals surface area contributed by atoms with E-state index in [2.05, 4.69) is 31.3 Å². The van der Waals surface area contributed by atoms with Crippen LogP contribution < -0.4 is 5.32 Å². The minimum absolute atomic E-state index is 0.133. The van der Waals surface area contributed by atoms with Crippen LogP contribution in [-0.4, -0.2) is 87.5 Å². The van der Waals surface area contributed by atoms with Crippen molar-refractivity contribution in [2.75, 3.05) is 13.2 Å². The fraction of sp³-hybridized carbons (Fsp3) is 0.950. The van der Waals surface area contributed by atoms with Gasteiger partial charge in [0.15, 0.2) is 6.29 Å². The molecule has 1 rings (SSSR count). The Morgan fingerprint density at radius 3 is 1.17 bits per heavy atom. The zero-order valence-electron chi connectivity index (χ0n) is 45.6. The number of aliphatic hydroxyl groups excluding tert-OH is 5. The van der Waals surface area contributed by atoms with Crippen molar-refractivity contribution in [2.45, 2.75) is 352 Å². The van der Waals surface area contributed by atoms with E-state index in [1.807, 2.05) is 0 Å². The fourth-order valence-corrected chi connectivity index (χ4v) is 10.0. The molecule has 1 saturated heterocycles. The zero-order valence-corrected chi connectivity index (χ0v) is 45.6. The van der Waals surface area contributed by atoms with E-state index in [4.69, 9.17) is 9.47 Å². The molecular weight excluding hydrogens is 863 g/mol. The third-order valence-corrected chi connectivity index (χ3v) is 14.9. The van der Waals surface area contributed by atoms with Crippen LogP contribution in [-0.2, 0) is 14.3 Å². The molecule has 0 spiro atoms. The zero-order chi connectivity index (χ0) is 50.1. The van der Waals surface area contributed by atoms with Gasteiger partial charge in [-0.2, -0.15) is 0 Å². The van der Waals surface area contributed by atoms with Crippen molar-refractivity contribution in [2.24, 2.45) is 0 Å². The lowest BCUT2D eigenvalue weighted by Gasteiger charge is -2.40. The van der Waals surface area contributed by atoms with Crippen LogP contribution in [0.4, 0.5) is 0 Å². The summed E-state index contributed by atoms with van der Waals surface area (Å²) in [6.07, 6.45) is 55.5. The van der Waals surface area contributed by atoms with Gasteiger partial charge >= 0.3 is 0 Å². The van der Waals surface area contributed by atoms with Gasteiger partial charge in [0.05, 0.1) is 25.4 Å². The van der Waals surface area contributed by atoms with E-state index in [1.54, 1.807) is 0 Å². The Labute approximate surface area is 426 Å².